The van der Waals surface area contributed by atoms with Crippen LogP contribution < -0.4 is 47.9 Å². The van der Waals surface area contributed by atoms with Crippen LogP contribution in [0.15, 0.2) is 109 Å². The van der Waals surface area contributed by atoms with Crippen molar-refractivity contribution in [1.82, 2.24) is 31.9 Å². The van der Waals surface area contributed by atoms with Crippen LogP contribution in [-0.4, -0.2) is 146 Å². The van der Waals surface area contributed by atoms with Crippen LogP contribution in [0, 0.1) is 39.1 Å². The Morgan fingerprint density at radius 3 is 0.963 bits per heavy atom. The largest absolute Gasteiger partial charge is 0.481 e. The number of nitrogens with one attached hydrogen (secondary N) is 9. The lowest BCUT2D eigenvalue weighted by molar-refractivity contribution is -0.158. The SMILES string of the molecule is CC1(C)CCC2(CC1)N[C@@H](C(=O)NC13CCC(C(=O)O)(CC1)CC3)[C@H](c1cccc(Cl)c1F)[C@]21C(=O)Nc2cc(Cl)ccc21.CC1(O)CCC2(CC1)N[C@@H](C(=O)NC13CCC(C(=O)O)(CC1)CC3)[C@H](c1cccc(Cl)c1F)[C@]21C(=O)Nc2cc(Cl)ccc21.CS(=O)(=O)CC(=O)C12CCC(NC(=O)[C@@H]3NC4(CCCCC4)[C@@]4(C(=O)Nc5cc(Cl)ccc54)[C@H]3c3cccc(Cl)c3F)(CC1)CC2. The molecular formula is C101H112Cl6F3N9O14S. The van der Waals surface area contributed by atoms with Gasteiger partial charge in [-0.2, -0.15) is 0 Å². The van der Waals surface area contributed by atoms with Crippen LogP contribution in [0.25, 0.3) is 0 Å². The molecule has 33 heteroatoms. The summed E-state index contributed by atoms with van der Waals surface area (Å²) < 4.78 is 72.3. The molecule has 12 N–H and O–H groups in total. The van der Waals surface area contributed by atoms with E-state index < -0.39 is 152 Å². The van der Waals surface area contributed by atoms with Gasteiger partial charge in [0, 0.05) is 94.8 Å². The number of ketones is 1. The Labute approximate surface area is 806 Å². The maximum Gasteiger partial charge on any atom is 0.309 e. The zero-order chi connectivity index (χ0) is 95.3. The van der Waals surface area contributed by atoms with Crippen molar-refractivity contribution in [3.05, 3.63) is 190 Å². The average molecular weight is 1980 g/mol. The van der Waals surface area contributed by atoms with Gasteiger partial charge in [0.2, 0.25) is 35.4 Å². The first-order valence-electron chi connectivity index (χ1n) is 47.2. The average Bonchev–Trinajstić information content (AvgIpc) is 1.51. The number of aliphatic hydroxyl groups is 1. The molecule has 15 fully saturated rings. The first kappa shape index (κ1) is 95.0. The molecule has 0 unspecified atom stereocenters. The van der Waals surface area contributed by atoms with E-state index >= 15 is 13.2 Å². The highest BCUT2D eigenvalue weighted by molar-refractivity contribution is 7.91. The van der Waals surface area contributed by atoms with Crippen molar-refractivity contribution < 1.29 is 80.1 Å². The van der Waals surface area contributed by atoms with Crippen LogP contribution in [0.4, 0.5) is 30.2 Å². The van der Waals surface area contributed by atoms with Crippen LogP contribution in [0.3, 0.4) is 0 Å². The molecule has 12 aliphatic carbocycles. The van der Waals surface area contributed by atoms with Crippen molar-refractivity contribution in [2.75, 3.05) is 28.0 Å². The molecule has 6 amide bonds. The summed E-state index contributed by atoms with van der Waals surface area (Å²) in [7, 11) is -3.45. The third kappa shape index (κ3) is 14.8. The molecule has 6 spiro atoms. The molecular weight excluding hydrogens is 1860 g/mol. The van der Waals surface area contributed by atoms with Crippen LogP contribution in [0.5, 0.6) is 0 Å². The van der Waals surface area contributed by atoms with Gasteiger partial charge in [-0.3, -0.25) is 59.1 Å². The lowest BCUT2D eigenvalue weighted by Crippen LogP contribution is -2.63. The molecule has 3 saturated heterocycles. The Hall–Kier alpha value is -7.93. The topological polar surface area (TPSA) is 357 Å². The lowest BCUT2D eigenvalue weighted by Gasteiger charge is -2.53. The number of amides is 6. The van der Waals surface area contributed by atoms with E-state index in [1.165, 1.54) is 18.2 Å². The maximum absolute atomic E-state index is 16.2. The van der Waals surface area contributed by atoms with Gasteiger partial charge in [0.05, 0.1) is 49.6 Å². The fourth-order valence-electron chi connectivity index (χ4n) is 28.5. The minimum Gasteiger partial charge on any atom is -0.481 e. The number of carboxylic acids is 2. The van der Waals surface area contributed by atoms with E-state index in [4.69, 9.17) is 69.6 Å². The Bertz CT molecular complexity index is 5770. The highest BCUT2D eigenvalue weighted by Gasteiger charge is 2.77. The third-order valence-electron chi connectivity index (χ3n) is 35.9. The minimum atomic E-state index is -3.45. The molecule has 6 heterocycles. The first-order valence-corrected chi connectivity index (χ1v) is 51.5. The van der Waals surface area contributed by atoms with Gasteiger partial charge >= 0.3 is 11.9 Å². The molecule has 12 saturated carbocycles. The number of sulfone groups is 1. The van der Waals surface area contributed by atoms with E-state index in [0.717, 1.165) is 38.4 Å². The second kappa shape index (κ2) is 33.4. The van der Waals surface area contributed by atoms with Gasteiger partial charge in [-0.1, -0.05) is 157 Å². The number of carbonyl (C=O) groups excluding carboxylic acids is 7. The molecule has 0 aromatic heterocycles. The normalized spacial score (nSPS) is 34.0. The van der Waals surface area contributed by atoms with E-state index in [1.807, 2.05) is 12.1 Å². The maximum atomic E-state index is 16.2. The fraction of sp³-hybridized carbons (Fsp3) is 0.554. The molecule has 714 valence electrons. The van der Waals surface area contributed by atoms with Crippen LogP contribution in [-0.2, 0) is 69.2 Å². The van der Waals surface area contributed by atoms with Crippen LogP contribution >= 0.6 is 69.6 Å². The number of anilines is 3. The minimum absolute atomic E-state index is 0.0446. The van der Waals surface area contributed by atoms with Crippen molar-refractivity contribution >= 4 is 150 Å². The van der Waals surface area contributed by atoms with Gasteiger partial charge in [0.1, 0.15) is 39.4 Å². The number of aliphatic carboxylic acids is 2. The highest BCUT2D eigenvalue weighted by Crippen LogP contribution is 2.69. The summed E-state index contributed by atoms with van der Waals surface area (Å²) in [5, 5.41) is 61.9. The molecule has 9 atom stereocenters. The van der Waals surface area contributed by atoms with Gasteiger partial charge in [-0.25, -0.2) is 21.6 Å². The Morgan fingerprint density at radius 2 is 0.672 bits per heavy atom. The van der Waals surface area contributed by atoms with Crippen molar-refractivity contribution in [2.24, 2.45) is 21.7 Å². The van der Waals surface area contributed by atoms with Gasteiger partial charge in [0.25, 0.3) is 0 Å². The number of Topliss-reactive ketones (excluding diaryl/α,β-unsaturated/α-hetero) is 1. The van der Waals surface area contributed by atoms with Crippen molar-refractivity contribution in [2.45, 2.75) is 311 Å². The summed E-state index contributed by atoms with van der Waals surface area (Å²) in [5.74, 6) is -8.96. The Kier molecular flexibility index (Phi) is 23.7. The number of carbonyl (C=O) groups is 9. The predicted octanol–water partition coefficient (Wildman–Crippen LogP) is 17.8. The molecule has 0 radical (unpaired) electrons. The number of benzene rings is 6. The zero-order valence-corrected chi connectivity index (χ0v) is 80.5. The number of hydrogen-bond acceptors (Lipinski definition) is 15. The highest BCUT2D eigenvalue weighted by atomic mass is 35.5. The zero-order valence-electron chi connectivity index (χ0n) is 75.1. The quantitative estimate of drug-likeness (QED) is 0.0482. The van der Waals surface area contributed by atoms with Gasteiger partial charge in [0.15, 0.2) is 15.6 Å². The van der Waals surface area contributed by atoms with Crippen molar-refractivity contribution in [3.63, 3.8) is 0 Å². The summed E-state index contributed by atoms with van der Waals surface area (Å²) in [5.41, 5.74) is -7.23. The number of halogens is 9. The second-order valence-electron chi connectivity index (χ2n) is 43.3. The van der Waals surface area contributed by atoms with E-state index in [0.29, 0.717) is 216 Å². The molecule has 134 heavy (non-hydrogen) atoms. The lowest BCUT2D eigenvalue weighted by atomic mass is 9.53. The van der Waals surface area contributed by atoms with Gasteiger partial charge < -0.3 is 47.2 Å². The second-order valence-corrected chi connectivity index (χ2v) is 48.0. The Balaban J connectivity index is 0.000000129. The number of hydrogen-bond donors (Lipinski definition) is 12. The molecule has 23 nitrogen and oxygen atoms in total. The Morgan fingerprint density at radius 1 is 0.388 bits per heavy atom. The summed E-state index contributed by atoms with van der Waals surface area (Å²) in [6.45, 7) is 6.19. The summed E-state index contributed by atoms with van der Waals surface area (Å²) in [4.78, 5) is 125. The van der Waals surface area contributed by atoms with E-state index in [9.17, 15) is 66.9 Å². The smallest absolute Gasteiger partial charge is 0.309 e. The number of carboxylic acid groups (broad SMARTS) is 2. The molecule has 24 rings (SSSR count). The van der Waals surface area contributed by atoms with Gasteiger partial charge in [-0.15, -0.1) is 0 Å². The van der Waals surface area contributed by atoms with E-state index in [1.54, 1.807) is 85.8 Å². The van der Waals surface area contributed by atoms with Crippen molar-refractivity contribution in [1.29, 1.82) is 0 Å². The first-order chi connectivity index (χ1) is 63.3. The summed E-state index contributed by atoms with van der Waals surface area (Å²) in [6.07, 6.45) is 18.7. The predicted molar refractivity (Wildman–Crippen MR) is 504 cm³/mol. The number of fused-ring (bicyclic) bond motifs is 18. The number of rotatable bonds is 14. The third-order valence-corrected chi connectivity index (χ3v) is 38.3. The fourth-order valence-corrected chi connectivity index (χ4v) is 30.3. The molecule has 6 bridgehead atoms. The van der Waals surface area contributed by atoms with E-state index in [2.05, 4.69) is 61.7 Å². The van der Waals surface area contributed by atoms with E-state index in [-0.39, 0.29) is 78.4 Å². The molecule has 6 aromatic rings. The van der Waals surface area contributed by atoms with Crippen LogP contribution in [0.1, 0.15) is 271 Å². The standard InChI is InChI=1S/C34H38Cl2FN3O5S.C34H38Cl2FN3O4.C33H36Cl2FN3O5/c1-46(44,45)19-25(41)31-12-15-32(16-13-31,17-14-31)40-29(42)28-26(21-6-5-7-23(36)27(21)37)34(33(39-28)10-3-2-4-11-33)22-9-8-20(35)18-24(22)38-30(34)43;1-30(2)8-16-33(17-9-30)34(21-7-6-19(35)18-23(21)38-28(34)42)24(20-4-3-5-22(36)25(20)37)26(39-33)27(41)40-32-13-10-31(11-14-32,12-15-32)29(43)44;1-29(44)7-15-32(16-8-29)33(20-6-5-18(34)17-22(20)37-27(33)41)23(19-3-2-4-21(35)24(19)36)25(38-32)26(40)39-31-12-9-30(10-13-31,11-14-31)28(42)43/h5-9,18,26,28,39H,2-4,10-17,19H2,1H3,(H,38,43)(H,40,42);3-7,18,24,26,39H,8-17H2,1-2H3,(H,38,42)(H,40,41)(H,43,44);2-6,17,23,25,38,44H,7-16H2,1H3,(H,37,41)(H,39,40)(H,42,43)/t26-,28+,31?,32?,34+;24-,26+,31?,32?,34+;23-,25+,29?,30?,31?,32?,33+/m000/s1. The monoisotopic (exact) mass is 1970 g/mol. The van der Waals surface area contributed by atoms with Crippen molar-refractivity contribution in [3.8, 4) is 0 Å². The van der Waals surface area contributed by atoms with Crippen LogP contribution in [0.2, 0.25) is 30.1 Å². The van der Waals surface area contributed by atoms with Gasteiger partial charge in [-0.05, 0) is 280 Å². The molecule has 6 aliphatic heterocycles. The summed E-state index contributed by atoms with van der Waals surface area (Å²) in [6, 6.07) is 27.0. The molecule has 6 aromatic carbocycles. The summed E-state index contributed by atoms with van der Waals surface area (Å²) >= 11 is 38.2. The molecule has 18 aliphatic rings.